The third-order valence-corrected chi connectivity index (χ3v) is 4.67. The summed E-state index contributed by atoms with van der Waals surface area (Å²) in [7, 11) is 0. The van der Waals surface area contributed by atoms with Crippen LogP contribution in [0, 0.1) is 12.8 Å². The Balaban J connectivity index is 2.22. The second-order valence-electron chi connectivity index (χ2n) is 6.08. The summed E-state index contributed by atoms with van der Waals surface area (Å²) in [5.41, 5.74) is 8.73. The van der Waals surface area contributed by atoms with E-state index in [1.807, 2.05) is 0 Å². The zero-order valence-electron chi connectivity index (χ0n) is 12.2. The zero-order valence-corrected chi connectivity index (χ0v) is 13.8. The van der Waals surface area contributed by atoms with Crippen molar-refractivity contribution in [1.82, 2.24) is 4.90 Å². The number of aryl methyl sites for hydroxylation is 1. The fraction of sp³-hybridized carbons (Fsp3) is 0.625. The molecule has 1 aromatic carbocycles. The molecule has 1 fully saturated rings. The Morgan fingerprint density at radius 2 is 2.05 bits per heavy atom. The topological polar surface area (TPSA) is 29.3 Å². The fourth-order valence-electron chi connectivity index (χ4n) is 2.70. The molecule has 2 nitrogen and oxygen atoms in total. The van der Waals surface area contributed by atoms with Crippen molar-refractivity contribution >= 4 is 15.9 Å². The van der Waals surface area contributed by atoms with Crippen LogP contribution in [0.3, 0.4) is 0 Å². The molecule has 0 amide bonds. The monoisotopic (exact) mass is 324 g/mol. The van der Waals surface area contributed by atoms with E-state index in [1.54, 1.807) is 0 Å². The first-order valence-electron chi connectivity index (χ1n) is 7.24. The number of hydrogen-bond donors (Lipinski definition) is 1. The van der Waals surface area contributed by atoms with Gasteiger partial charge in [0, 0.05) is 29.6 Å². The molecular formula is C16H25BrN2. The second kappa shape index (κ2) is 6.38. The van der Waals surface area contributed by atoms with E-state index in [4.69, 9.17) is 5.73 Å². The highest BCUT2D eigenvalue weighted by molar-refractivity contribution is 9.10. The lowest BCUT2D eigenvalue weighted by molar-refractivity contribution is 0.169. The molecule has 1 atom stereocenters. The van der Waals surface area contributed by atoms with Gasteiger partial charge in [0.2, 0.25) is 0 Å². The summed E-state index contributed by atoms with van der Waals surface area (Å²) in [6.07, 6.45) is 2.66. The summed E-state index contributed by atoms with van der Waals surface area (Å²) in [6.45, 7) is 8.56. The molecule has 1 saturated carbocycles. The predicted molar refractivity (Wildman–Crippen MR) is 85.2 cm³/mol. The quantitative estimate of drug-likeness (QED) is 0.860. The summed E-state index contributed by atoms with van der Waals surface area (Å²) >= 11 is 3.57. The summed E-state index contributed by atoms with van der Waals surface area (Å²) in [4.78, 5) is 2.62. The van der Waals surface area contributed by atoms with Crippen molar-refractivity contribution in [2.75, 3.05) is 13.1 Å². The van der Waals surface area contributed by atoms with Crippen LogP contribution in [0.4, 0.5) is 0 Å². The van der Waals surface area contributed by atoms with Crippen molar-refractivity contribution in [3.63, 3.8) is 0 Å². The van der Waals surface area contributed by atoms with Gasteiger partial charge in [-0.2, -0.15) is 0 Å². The summed E-state index contributed by atoms with van der Waals surface area (Å²) in [5, 5.41) is 0. The van der Waals surface area contributed by atoms with Gasteiger partial charge in [0.25, 0.3) is 0 Å². The molecule has 1 aliphatic carbocycles. The van der Waals surface area contributed by atoms with Gasteiger partial charge < -0.3 is 5.73 Å². The lowest BCUT2D eigenvalue weighted by Gasteiger charge is -2.33. The molecule has 19 heavy (non-hydrogen) atoms. The van der Waals surface area contributed by atoms with Crippen LogP contribution in [0.15, 0.2) is 22.7 Å². The summed E-state index contributed by atoms with van der Waals surface area (Å²) in [5.74, 6) is 0.686. The maximum Gasteiger partial charge on any atom is 0.0473 e. The average molecular weight is 325 g/mol. The first-order valence-corrected chi connectivity index (χ1v) is 8.04. The molecule has 106 valence electrons. The van der Waals surface area contributed by atoms with Gasteiger partial charge in [-0.3, -0.25) is 4.90 Å². The van der Waals surface area contributed by atoms with Crippen LogP contribution in [0.5, 0.6) is 0 Å². The average Bonchev–Trinajstić information content (AvgIpc) is 3.17. The Morgan fingerprint density at radius 1 is 1.37 bits per heavy atom. The van der Waals surface area contributed by atoms with Gasteiger partial charge >= 0.3 is 0 Å². The molecule has 3 heteroatoms. The first kappa shape index (κ1) is 15.0. The largest absolute Gasteiger partial charge is 0.329 e. The van der Waals surface area contributed by atoms with Crippen molar-refractivity contribution in [2.24, 2.45) is 11.7 Å². The van der Waals surface area contributed by atoms with Crippen molar-refractivity contribution in [3.05, 3.63) is 33.8 Å². The molecule has 1 unspecified atom stereocenters. The van der Waals surface area contributed by atoms with E-state index < -0.39 is 0 Å². The molecule has 0 aromatic heterocycles. The molecule has 2 N–H and O–H groups in total. The van der Waals surface area contributed by atoms with Crippen molar-refractivity contribution < 1.29 is 0 Å². The molecule has 1 aromatic rings. The molecule has 2 rings (SSSR count). The minimum absolute atomic E-state index is 0.363. The Bertz CT molecular complexity index is 427. The third-order valence-electron chi connectivity index (χ3n) is 3.78. The molecule has 1 aliphatic rings. The molecule has 0 radical (unpaired) electrons. The normalized spacial score (nSPS) is 17.2. The van der Waals surface area contributed by atoms with Crippen LogP contribution in [-0.4, -0.2) is 24.0 Å². The van der Waals surface area contributed by atoms with Gasteiger partial charge in [0.05, 0.1) is 0 Å². The van der Waals surface area contributed by atoms with Crippen LogP contribution in [0.1, 0.15) is 43.9 Å². The van der Waals surface area contributed by atoms with Gasteiger partial charge in [-0.05, 0) is 42.9 Å². The Hall–Kier alpha value is -0.380. The number of benzene rings is 1. The molecule has 0 heterocycles. The molecule has 0 spiro atoms. The van der Waals surface area contributed by atoms with E-state index in [0.717, 1.165) is 12.6 Å². The smallest absolute Gasteiger partial charge is 0.0473 e. The maximum absolute atomic E-state index is 6.08. The number of nitrogens with zero attached hydrogens (tertiary/aromatic N) is 1. The maximum atomic E-state index is 6.08. The Morgan fingerprint density at radius 3 is 2.53 bits per heavy atom. The zero-order chi connectivity index (χ0) is 14.0. The van der Waals surface area contributed by atoms with Crippen molar-refractivity contribution in [2.45, 2.75) is 45.7 Å². The van der Waals surface area contributed by atoms with Crippen molar-refractivity contribution in [3.8, 4) is 0 Å². The summed E-state index contributed by atoms with van der Waals surface area (Å²) < 4.78 is 1.17. The van der Waals surface area contributed by atoms with Gasteiger partial charge in [0.15, 0.2) is 0 Å². The van der Waals surface area contributed by atoms with E-state index in [0.29, 0.717) is 18.5 Å². The van der Waals surface area contributed by atoms with Crippen LogP contribution in [0.25, 0.3) is 0 Å². The van der Waals surface area contributed by atoms with E-state index in [-0.39, 0.29) is 0 Å². The third kappa shape index (κ3) is 3.80. The molecule has 0 saturated heterocycles. The lowest BCUT2D eigenvalue weighted by atomic mass is 10.0. The number of halogens is 1. The highest BCUT2D eigenvalue weighted by atomic mass is 79.9. The first-order chi connectivity index (χ1) is 9.02. The molecule has 0 bridgehead atoms. The summed E-state index contributed by atoms with van der Waals surface area (Å²) in [6, 6.07) is 7.75. The van der Waals surface area contributed by atoms with Crippen LogP contribution in [-0.2, 0) is 0 Å². The standard InChI is InChI=1S/C16H25BrN2/c1-11(2)10-19(14-5-6-14)16(9-18)13-4-7-15(17)12(3)8-13/h4,7-8,11,14,16H,5-6,9-10,18H2,1-3H3. The number of nitrogens with two attached hydrogens (primary N) is 1. The Labute approximate surface area is 125 Å². The van der Waals surface area contributed by atoms with Crippen LogP contribution < -0.4 is 5.73 Å². The van der Waals surface area contributed by atoms with Gasteiger partial charge in [-0.15, -0.1) is 0 Å². The molecule has 0 aliphatic heterocycles. The SMILES string of the molecule is Cc1cc(C(CN)N(CC(C)C)C2CC2)ccc1Br. The highest BCUT2D eigenvalue weighted by Gasteiger charge is 2.34. The molecular weight excluding hydrogens is 300 g/mol. The number of rotatable bonds is 6. The van der Waals surface area contributed by atoms with Gasteiger partial charge in [-0.25, -0.2) is 0 Å². The van der Waals surface area contributed by atoms with E-state index in [9.17, 15) is 0 Å². The fourth-order valence-corrected chi connectivity index (χ4v) is 2.94. The van der Waals surface area contributed by atoms with Crippen molar-refractivity contribution in [1.29, 1.82) is 0 Å². The van der Waals surface area contributed by atoms with Gasteiger partial charge in [0.1, 0.15) is 0 Å². The van der Waals surface area contributed by atoms with E-state index in [2.05, 4.69) is 59.8 Å². The Kier molecular flexibility index (Phi) is 5.04. The van der Waals surface area contributed by atoms with Gasteiger partial charge in [-0.1, -0.05) is 41.9 Å². The second-order valence-corrected chi connectivity index (χ2v) is 6.94. The lowest BCUT2D eigenvalue weighted by Crippen LogP contribution is -2.38. The number of hydrogen-bond acceptors (Lipinski definition) is 2. The minimum atomic E-state index is 0.363. The predicted octanol–water partition coefficient (Wildman–Crippen LogP) is 3.88. The minimum Gasteiger partial charge on any atom is -0.329 e. The highest BCUT2D eigenvalue weighted by Crippen LogP contribution is 2.35. The van der Waals surface area contributed by atoms with E-state index >= 15 is 0 Å². The van der Waals surface area contributed by atoms with E-state index in [1.165, 1.54) is 28.4 Å². The van der Waals surface area contributed by atoms with Crippen LogP contribution in [0.2, 0.25) is 0 Å². The van der Waals surface area contributed by atoms with Crippen LogP contribution >= 0.6 is 15.9 Å².